The number of rotatable bonds is 4. The molecule has 2 aromatic rings. The molecule has 0 bridgehead atoms. The summed E-state index contributed by atoms with van der Waals surface area (Å²) >= 11 is 0. The number of halogens is 3. The Morgan fingerprint density at radius 1 is 1.29 bits per heavy atom. The number of hydrogen-bond donors (Lipinski definition) is 0. The van der Waals surface area contributed by atoms with Gasteiger partial charge in [-0.1, -0.05) is 6.07 Å². The maximum absolute atomic E-state index is 13.3. The molecule has 8 heteroatoms. The SMILES string of the molecule is CC1CN(Cc2cn(C)nc2C(F)F)CCN1c1cccc(F)n1. The summed E-state index contributed by atoms with van der Waals surface area (Å²) in [6.45, 7) is 4.51. The van der Waals surface area contributed by atoms with Gasteiger partial charge in [0.15, 0.2) is 0 Å². The maximum Gasteiger partial charge on any atom is 0.282 e. The summed E-state index contributed by atoms with van der Waals surface area (Å²) in [6, 6.07) is 4.85. The Labute approximate surface area is 138 Å². The van der Waals surface area contributed by atoms with E-state index in [4.69, 9.17) is 0 Å². The third kappa shape index (κ3) is 3.53. The standard InChI is InChI=1S/C16H20F3N5/c1-11-8-23(10-12-9-22(2)21-15(12)16(18)19)6-7-24(11)14-5-3-4-13(17)20-14/h3-5,9,11,16H,6-8,10H2,1-2H3. The molecule has 0 aromatic carbocycles. The zero-order valence-electron chi connectivity index (χ0n) is 13.7. The van der Waals surface area contributed by atoms with Crippen LogP contribution < -0.4 is 4.90 Å². The molecular formula is C16H20F3N5. The van der Waals surface area contributed by atoms with Crippen LogP contribution in [0.4, 0.5) is 19.0 Å². The lowest BCUT2D eigenvalue weighted by atomic mass is 10.1. The molecule has 3 rings (SSSR count). The molecule has 3 heterocycles. The van der Waals surface area contributed by atoms with Crippen molar-refractivity contribution in [3.8, 4) is 0 Å². The van der Waals surface area contributed by atoms with Crippen LogP contribution in [0.15, 0.2) is 24.4 Å². The van der Waals surface area contributed by atoms with Crippen molar-refractivity contribution in [2.45, 2.75) is 25.9 Å². The van der Waals surface area contributed by atoms with Crippen LogP contribution in [-0.2, 0) is 13.6 Å². The topological polar surface area (TPSA) is 37.2 Å². The fourth-order valence-electron chi connectivity index (χ4n) is 3.18. The molecule has 0 aliphatic carbocycles. The fourth-order valence-corrected chi connectivity index (χ4v) is 3.18. The van der Waals surface area contributed by atoms with Crippen LogP contribution in [0, 0.1) is 5.95 Å². The van der Waals surface area contributed by atoms with E-state index < -0.39 is 12.4 Å². The van der Waals surface area contributed by atoms with Crippen molar-refractivity contribution in [1.82, 2.24) is 19.7 Å². The molecule has 1 atom stereocenters. The smallest absolute Gasteiger partial charge is 0.282 e. The third-order valence-electron chi connectivity index (χ3n) is 4.24. The molecule has 2 aromatic heterocycles. The number of alkyl halides is 2. The van der Waals surface area contributed by atoms with Crippen molar-refractivity contribution in [3.05, 3.63) is 41.6 Å². The lowest BCUT2D eigenvalue weighted by molar-refractivity contribution is 0.141. The van der Waals surface area contributed by atoms with Crippen molar-refractivity contribution in [3.63, 3.8) is 0 Å². The molecule has 0 radical (unpaired) electrons. The van der Waals surface area contributed by atoms with E-state index in [2.05, 4.69) is 15.0 Å². The summed E-state index contributed by atoms with van der Waals surface area (Å²) in [5.41, 5.74) is 0.399. The quantitative estimate of drug-likeness (QED) is 0.803. The number of pyridine rings is 1. The van der Waals surface area contributed by atoms with Crippen molar-refractivity contribution in [1.29, 1.82) is 0 Å². The average Bonchev–Trinajstić information content (AvgIpc) is 2.88. The predicted octanol–water partition coefficient (Wildman–Crippen LogP) is 2.60. The Morgan fingerprint density at radius 2 is 2.08 bits per heavy atom. The summed E-state index contributed by atoms with van der Waals surface area (Å²) in [4.78, 5) is 8.08. The van der Waals surface area contributed by atoms with Gasteiger partial charge in [0, 0.05) is 51.0 Å². The number of anilines is 1. The van der Waals surface area contributed by atoms with Gasteiger partial charge in [-0.15, -0.1) is 0 Å². The van der Waals surface area contributed by atoms with E-state index in [0.29, 0.717) is 37.6 Å². The first-order valence-electron chi connectivity index (χ1n) is 7.86. The van der Waals surface area contributed by atoms with Crippen LogP contribution in [-0.4, -0.2) is 45.3 Å². The summed E-state index contributed by atoms with van der Waals surface area (Å²) in [7, 11) is 1.64. The molecular weight excluding hydrogens is 319 g/mol. The van der Waals surface area contributed by atoms with Gasteiger partial charge < -0.3 is 4.90 Å². The largest absolute Gasteiger partial charge is 0.351 e. The van der Waals surface area contributed by atoms with Gasteiger partial charge in [-0.05, 0) is 19.1 Å². The summed E-state index contributed by atoms with van der Waals surface area (Å²) in [5, 5.41) is 3.84. The maximum atomic E-state index is 13.3. The predicted molar refractivity (Wildman–Crippen MR) is 84.4 cm³/mol. The summed E-state index contributed by atoms with van der Waals surface area (Å²) in [5.74, 6) is 0.107. The zero-order valence-corrected chi connectivity index (χ0v) is 13.7. The van der Waals surface area contributed by atoms with Gasteiger partial charge in [0.25, 0.3) is 6.43 Å². The molecule has 1 fully saturated rings. The Hall–Kier alpha value is -2.09. The lowest BCUT2D eigenvalue weighted by Crippen LogP contribution is -2.52. The number of hydrogen-bond acceptors (Lipinski definition) is 4. The van der Waals surface area contributed by atoms with Gasteiger partial charge in [-0.2, -0.15) is 9.49 Å². The minimum Gasteiger partial charge on any atom is -0.351 e. The van der Waals surface area contributed by atoms with E-state index in [9.17, 15) is 13.2 Å². The van der Waals surface area contributed by atoms with E-state index in [1.165, 1.54) is 10.7 Å². The van der Waals surface area contributed by atoms with Crippen LogP contribution in [0.5, 0.6) is 0 Å². The first kappa shape index (κ1) is 16.8. The van der Waals surface area contributed by atoms with Gasteiger partial charge in [0.2, 0.25) is 5.95 Å². The number of piperazine rings is 1. The summed E-state index contributed by atoms with van der Waals surface area (Å²) in [6.07, 6.45) is -0.927. The van der Waals surface area contributed by atoms with Gasteiger partial charge in [-0.3, -0.25) is 9.58 Å². The number of aryl methyl sites for hydroxylation is 1. The minimum atomic E-state index is -2.57. The van der Waals surface area contributed by atoms with Crippen LogP contribution in [0.1, 0.15) is 24.6 Å². The fraction of sp³-hybridized carbons (Fsp3) is 0.500. The van der Waals surface area contributed by atoms with Crippen molar-refractivity contribution >= 4 is 5.82 Å². The highest BCUT2D eigenvalue weighted by Gasteiger charge is 2.27. The number of aromatic nitrogens is 3. The molecule has 1 aliphatic rings. The van der Waals surface area contributed by atoms with E-state index in [0.717, 1.165) is 0 Å². The molecule has 0 spiro atoms. The molecule has 5 nitrogen and oxygen atoms in total. The second-order valence-corrected chi connectivity index (χ2v) is 6.11. The Kier molecular flexibility index (Phi) is 4.75. The van der Waals surface area contributed by atoms with E-state index >= 15 is 0 Å². The van der Waals surface area contributed by atoms with E-state index in [-0.39, 0.29) is 11.7 Å². The molecule has 0 amide bonds. The zero-order chi connectivity index (χ0) is 17.3. The second-order valence-electron chi connectivity index (χ2n) is 6.11. The van der Waals surface area contributed by atoms with Crippen LogP contribution in [0.3, 0.4) is 0 Å². The van der Waals surface area contributed by atoms with E-state index in [1.807, 2.05) is 11.8 Å². The van der Waals surface area contributed by atoms with Crippen LogP contribution in [0.25, 0.3) is 0 Å². The van der Waals surface area contributed by atoms with Crippen molar-refractivity contribution in [2.24, 2.45) is 7.05 Å². The van der Waals surface area contributed by atoms with Gasteiger partial charge in [-0.25, -0.2) is 13.8 Å². The lowest BCUT2D eigenvalue weighted by Gasteiger charge is -2.40. The first-order chi connectivity index (χ1) is 11.4. The molecule has 0 N–H and O–H groups in total. The highest BCUT2D eigenvalue weighted by atomic mass is 19.3. The van der Waals surface area contributed by atoms with Crippen molar-refractivity contribution < 1.29 is 13.2 Å². The van der Waals surface area contributed by atoms with Gasteiger partial charge in [0.05, 0.1) is 0 Å². The monoisotopic (exact) mass is 339 g/mol. The van der Waals surface area contributed by atoms with E-state index in [1.54, 1.807) is 25.4 Å². The normalized spacial score (nSPS) is 19.2. The first-order valence-corrected chi connectivity index (χ1v) is 7.86. The third-order valence-corrected chi connectivity index (χ3v) is 4.24. The van der Waals surface area contributed by atoms with Crippen LogP contribution in [0.2, 0.25) is 0 Å². The van der Waals surface area contributed by atoms with Crippen LogP contribution >= 0.6 is 0 Å². The summed E-state index contributed by atoms with van der Waals surface area (Å²) < 4.78 is 40.8. The van der Waals surface area contributed by atoms with Crippen molar-refractivity contribution in [2.75, 3.05) is 24.5 Å². The highest BCUT2D eigenvalue weighted by Crippen LogP contribution is 2.24. The van der Waals surface area contributed by atoms with Gasteiger partial charge in [0.1, 0.15) is 11.5 Å². The van der Waals surface area contributed by atoms with Gasteiger partial charge >= 0.3 is 0 Å². The molecule has 0 saturated carbocycles. The molecule has 1 saturated heterocycles. The molecule has 1 aliphatic heterocycles. The molecule has 1 unspecified atom stereocenters. The highest BCUT2D eigenvalue weighted by molar-refractivity contribution is 5.40. The average molecular weight is 339 g/mol. The number of nitrogens with zero attached hydrogens (tertiary/aromatic N) is 5. The Balaban J connectivity index is 1.68. The molecule has 130 valence electrons. The Morgan fingerprint density at radius 3 is 2.75 bits per heavy atom. The molecule has 24 heavy (non-hydrogen) atoms. The Bertz CT molecular complexity index is 703. The second kappa shape index (κ2) is 6.80. The minimum absolute atomic E-state index is 0.111.